The van der Waals surface area contributed by atoms with Crippen molar-refractivity contribution in [2.45, 2.75) is 32.2 Å². The second-order valence-electron chi connectivity index (χ2n) is 3.89. The van der Waals surface area contributed by atoms with Crippen LogP contribution < -0.4 is 5.32 Å². The van der Waals surface area contributed by atoms with Gasteiger partial charge in [0.15, 0.2) is 0 Å². The van der Waals surface area contributed by atoms with Crippen molar-refractivity contribution < 1.29 is 22.6 Å². The van der Waals surface area contributed by atoms with Crippen LogP contribution in [-0.4, -0.2) is 28.7 Å². The summed E-state index contributed by atoms with van der Waals surface area (Å²) in [5.74, 6) is -3.99. The molecule has 0 saturated carbocycles. The summed E-state index contributed by atoms with van der Waals surface area (Å²) in [5, 5.41) is 2.05. The Kier molecular flexibility index (Phi) is 2.21. The number of hydrogen-bond acceptors (Lipinski definition) is 3. The van der Waals surface area contributed by atoms with Gasteiger partial charge in [-0.1, -0.05) is 30.3 Å². The van der Waals surface area contributed by atoms with E-state index in [2.05, 4.69) is 0 Å². The molecule has 0 radical (unpaired) electrons. The summed E-state index contributed by atoms with van der Waals surface area (Å²) >= 11 is 0. The van der Waals surface area contributed by atoms with Crippen LogP contribution in [0.25, 0.3) is 0 Å². The Morgan fingerprint density at radius 2 is 1.95 bits per heavy atom. The molecule has 1 aliphatic rings. The predicted octanol–water partition coefficient (Wildman–Crippen LogP) is 0.840. The molecular formula is C14H16N2O3. The van der Waals surface area contributed by atoms with E-state index in [1.54, 1.807) is 18.2 Å². The summed E-state index contributed by atoms with van der Waals surface area (Å²) in [6, 6.07) is 6.10. The highest BCUT2D eigenvalue weighted by atomic mass is 16.2. The zero-order valence-electron chi connectivity index (χ0n) is 16.1. The largest absolute Gasteiger partial charge is 0.350 e. The number of rotatable bonds is 4. The molecule has 1 fully saturated rings. The van der Waals surface area contributed by atoms with Crippen molar-refractivity contribution >= 4 is 17.7 Å². The van der Waals surface area contributed by atoms with E-state index in [9.17, 15) is 14.4 Å². The fourth-order valence-electron chi connectivity index (χ4n) is 1.55. The zero-order valence-corrected chi connectivity index (χ0v) is 10.1. The second kappa shape index (κ2) is 5.65. The standard InChI is InChI=1S/C14H16N2O3/c1-10(16-12(17)7-8-13(16)18)14(19)15-9-11-5-3-2-4-6-11/h2-6,10H,7-9H2,1H3,(H,15,19)/t10-/m1/s1/i7D2,8D2,9D2. The molecule has 0 bridgehead atoms. The maximum atomic E-state index is 12.3. The Morgan fingerprint density at radius 3 is 2.53 bits per heavy atom. The number of benzene rings is 1. The van der Waals surface area contributed by atoms with E-state index in [0.29, 0.717) is 0 Å². The van der Waals surface area contributed by atoms with Gasteiger partial charge in [-0.25, -0.2) is 0 Å². The lowest BCUT2D eigenvalue weighted by Crippen LogP contribution is -2.47. The fourth-order valence-corrected chi connectivity index (χ4v) is 1.55. The third kappa shape index (κ3) is 2.99. The van der Waals surface area contributed by atoms with Gasteiger partial charge in [0.05, 0.1) is 2.74 Å². The molecule has 5 heteroatoms. The Hall–Kier alpha value is -2.17. The summed E-state index contributed by atoms with van der Waals surface area (Å²) in [6.45, 7) is -1.19. The molecule has 1 aromatic carbocycles. The van der Waals surface area contributed by atoms with E-state index in [4.69, 9.17) is 8.22 Å². The van der Waals surface area contributed by atoms with E-state index in [1.807, 2.05) is 5.32 Å². The Labute approximate surface area is 120 Å². The lowest BCUT2D eigenvalue weighted by Gasteiger charge is -2.21. The molecule has 1 heterocycles. The number of imide groups is 1. The van der Waals surface area contributed by atoms with Gasteiger partial charge in [0.1, 0.15) is 6.04 Å². The van der Waals surface area contributed by atoms with Gasteiger partial charge in [-0.15, -0.1) is 0 Å². The van der Waals surface area contributed by atoms with Gasteiger partial charge in [-0.05, 0) is 12.5 Å². The maximum Gasteiger partial charge on any atom is 0.243 e. The van der Waals surface area contributed by atoms with E-state index >= 15 is 0 Å². The lowest BCUT2D eigenvalue weighted by atomic mass is 10.2. The van der Waals surface area contributed by atoms with Gasteiger partial charge in [0, 0.05) is 24.7 Å². The molecule has 1 aromatic rings. The fraction of sp³-hybridized carbons (Fsp3) is 0.357. The minimum absolute atomic E-state index is 0.139. The minimum Gasteiger partial charge on any atom is -0.350 e. The van der Waals surface area contributed by atoms with Crippen LogP contribution in [0.2, 0.25) is 0 Å². The van der Waals surface area contributed by atoms with Crippen LogP contribution in [0.15, 0.2) is 30.3 Å². The number of carbonyl (C=O) groups excluding carboxylic acids is 3. The number of carbonyl (C=O) groups is 3. The van der Waals surface area contributed by atoms with Crippen molar-refractivity contribution in [3.63, 3.8) is 0 Å². The summed E-state index contributed by atoms with van der Waals surface area (Å²) in [7, 11) is 0. The normalized spacial score (nSPS) is 27.3. The first-order valence-corrected chi connectivity index (χ1v) is 5.59. The van der Waals surface area contributed by atoms with Crippen LogP contribution in [0.3, 0.4) is 0 Å². The number of amides is 3. The lowest BCUT2D eigenvalue weighted by molar-refractivity contribution is -0.146. The average Bonchev–Trinajstić information content (AvgIpc) is 2.65. The van der Waals surface area contributed by atoms with Crippen LogP contribution in [0.4, 0.5) is 0 Å². The van der Waals surface area contributed by atoms with E-state index in [0.717, 1.165) is 6.92 Å². The van der Waals surface area contributed by atoms with Crippen LogP contribution >= 0.6 is 0 Å². The monoisotopic (exact) mass is 266 g/mol. The quantitative estimate of drug-likeness (QED) is 0.821. The molecule has 1 saturated heterocycles. The molecule has 0 unspecified atom stereocenters. The molecule has 3 amide bonds. The third-order valence-electron chi connectivity index (χ3n) is 2.58. The van der Waals surface area contributed by atoms with E-state index < -0.39 is 43.0 Å². The van der Waals surface area contributed by atoms with Crippen molar-refractivity contribution in [2.24, 2.45) is 0 Å². The zero-order chi connectivity index (χ0) is 19.2. The number of likely N-dealkylation sites (tertiary alicyclic amines) is 1. The van der Waals surface area contributed by atoms with Crippen LogP contribution in [-0.2, 0) is 20.9 Å². The van der Waals surface area contributed by atoms with Gasteiger partial charge in [0.25, 0.3) is 0 Å². The molecule has 5 nitrogen and oxygen atoms in total. The van der Waals surface area contributed by atoms with Gasteiger partial charge >= 0.3 is 0 Å². The SMILES string of the molecule is [2H]C([2H])(NC(=O)[C@@H](C)N1C(=O)C([2H])([2H])C([2H])([2H])C1=O)c1ccccc1. The van der Waals surface area contributed by atoms with Gasteiger partial charge < -0.3 is 5.32 Å². The molecule has 100 valence electrons. The Morgan fingerprint density at radius 1 is 1.37 bits per heavy atom. The summed E-state index contributed by atoms with van der Waals surface area (Å²) in [6.07, 6.45) is -6.20. The number of nitrogens with zero attached hydrogens (tertiary/aromatic N) is 1. The Balaban J connectivity index is 2.24. The van der Waals surface area contributed by atoms with E-state index in [1.165, 1.54) is 12.1 Å². The highest BCUT2D eigenvalue weighted by Gasteiger charge is 2.35. The maximum absolute atomic E-state index is 12.3. The summed E-state index contributed by atoms with van der Waals surface area (Å²) in [4.78, 5) is 36.6. The average molecular weight is 266 g/mol. The Bertz CT molecular complexity index is 697. The van der Waals surface area contributed by atoms with Crippen LogP contribution in [0.5, 0.6) is 0 Å². The van der Waals surface area contributed by atoms with Crippen molar-refractivity contribution in [3.8, 4) is 0 Å². The molecule has 1 aliphatic heterocycles. The first-order chi connectivity index (χ1) is 11.3. The molecule has 1 N–H and O–H groups in total. The molecule has 0 aliphatic carbocycles. The molecule has 1 atom stereocenters. The first-order valence-electron chi connectivity index (χ1n) is 8.59. The smallest absolute Gasteiger partial charge is 0.243 e. The summed E-state index contributed by atoms with van der Waals surface area (Å²) in [5.41, 5.74) is 0.139. The molecule has 2 rings (SSSR count). The van der Waals surface area contributed by atoms with Gasteiger partial charge in [-0.3, -0.25) is 19.3 Å². The number of hydrogen-bond donors (Lipinski definition) is 1. The predicted molar refractivity (Wildman–Crippen MR) is 68.8 cm³/mol. The van der Waals surface area contributed by atoms with Crippen molar-refractivity contribution in [2.75, 3.05) is 0 Å². The summed E-state index contributed by atoms with van der Waals surface area (Å²) < 4.78 is 45.7. The molecule has 19 heavy (non-hydrogen) atoms. The third-order valence-corrected chi connectivity index (χ3v) is 2.58. The highest BCUT2D eigenvalue weighted by Crippen LogP contribution is 2.15. The minimum atomic E-state index is -3.10. The first kappa shape index (κ1) is 7.43. The topological polar surface area (TPSA) is 66.5 Å². The van der Waals surface area contributed by atoms with Crippen molar-refractivity contribution in [1.29, 1.82) is 0 Å². The van der Waals surface area contributed by atoms with Gasteiger partial charge in [-0.2, -0.15) is 0 Å². The van der Waals surface area contributed by atoms with Crippen LogP contribution in [0.1, 0.15) is 33.5 Å². The molecule has 0 spiro atoms. The molecule has 0 aromatic heterocycles. The van der Waals surface area contributed by atoms with Crippen molar-refractivity contribution in [1.82, 2.24) is 10.2 Å². The molecular weight excluding hydrogens is 244 g/mol. The number of nitrogens with one attached hydrogen (secondary N) is 1. The van der Waals surface area contributed by atoms with Crippen LogP contribution in [0, 0.1) is 0 Å². The van der Waals surface area contributed by atoms with E-state index in [-0.39, 0.29) is 10.5 Å². The van der Waals surface area contributed by atoms with Gasteiger partial charge in [0.2, 0.25) is 17.7 Å². The van der Waals surface area contributed by atoms with Crippen molar-refractivity contribution in [3.05, 3.63) is 35.9 Å². The highest BCUT2D eigenvalue weighted by molar-refractivity contribution is 6.05. The second-order valence-corrected chi connectivity index (χ2v) is 3.89.